The molecule has 0 aliphatic carbocycles. The maximum atomic E-state index is 13.2. The Bertz CT molecular complexity index is 587. The predicted molar refractivity (Wildman–Crippen MR) is 81.1 cm³/mol. The molecule has 21 heavy (non-hydrogen) atoms. The molecule has 2 aromatic rings. The number of ether oxygens (including phenoxy) is 2. The van der Waals surface area contributed by atoms with Crippen molar-refractivity contribution in [3.63, 3.8) is 0 Å². The summed E-state index contributed by atoms with van der Waals surface area (Å²) in [6, 6.07) is 12.2. The van der Waals surface area contributed by atoms with Crippen LogP contribution in [-0.4, -0.2) is 13.7 Å². The van der Waals surface area contributed by atoms with Gasteiger partial charge in [0.1, 0.15) is 23.9 Å². The Morgan fingerprint density at radius 1 is 1.14 bits per heavy atom. The Kier molecular flexibility index (Phi) is 5.58. The first-order valence-electron chi connectivity index (χ1n) is 6.97. The van der Waals surface area contributed by atoms with Gasteiger partial charge in [0.05, 0.1) is 7.11 Å². The fourth-order valence-electron chi connectivity index (χ4n) is 1.99. The average molecular weight is 289 g/mol. The molecule has 0 heterocycles. The van der Waals surface area contributed by atoms with Gasteiger partial charge in [-0.1, -0.05) is 25.1 Å². The van der Waals surface area contributed by atoms with Gasteiger partial charge in [0.25, 0.3) is 0 Å². The van der Waals surface area contributed by atoms with Crippen molar-refractivity contribution >= 4 is 0 Å². The molecule has 3 nitrogen and oxygen atoms in total. The molecule has 0 saturated carbocycles. The van der Waals surface area contributed by atoms with E-state index in [1.165, 1.54) is 12.1 Å². The summed E-state index contributed by atoms with van der Waals surface area (Å²) in [6.45, 7) is 3.98. The maximum Gasteiger partial charge on any atom is 0.127 e. The summed E-state index contributed by atoms with van der Waals surface area (Å²) in [6.07, 6.45) is 0. The van der Waals surface area contributed by atoms with E-state index in [2.05, 4.69) is 12.2 Å². The highest BCUT2D eigenvalue weighted by Gasteiger charge is 2.06. The molecule has 0 amide bonds. The van der Waals surface area contributed by atoms with Gasteiger partial charge in [-0.25, -0.2) is 4.39 Å². The number of nitrogens with one attached hydrogen (secondary N) is 1. The molecule has 1 N–H and O–H groups in total. The minimum Gasteiger partial charge on any atom is -0.497 e. The van der Waals surface area contributed by atoms with Crippen molar-refractivity contribution < 1.29 is 13.9 Å². The fraction of sp³-hybridized carbons (Fsp3) is 0.294. The number of benzene rings is 2. The number of hydrogen-bond donors (Lipinski definition) is 1. The van der Waals surface area contributed by atoms with E-state index >= 15 is 0 Å². The number of halogens is 1. The van der Waals surface area contributed by atoms with Gasteiger partial charge in [0, 0.05) is 18.2 Å². The highest BCUT2D eigenvalue weighted by molar-refractivity contribution is 5.41. The molecule has 2 aromatic carbocycles. The first-order valence-corrected chi connectivity index (χ1v) is 6.97. The quantitative estimate of drug-likeness (QED) is 0.846. The van der Waals surface area contributed by atoms with E-state index in [4.69, 9.17) is 9.47 Å². The second-order valence-electron chi connectivity index (χ2n) is 4.67. The van der Waals surface area contributed by atoms with E-state index in [9.17, 15) is 4.39 Å². The van der Waals surface area contributed by atoms with E-state index in [1.807, 2.05) is 24.3 Å². The lowest BCUT2D eigenvalue weighted by Gasteiger charge is -2.13. The molecule has 112 valence electrons. The van der Waals surface area contributed by atoms with E-state index in [0.29, 0.717) is 6.61 Å². The van der Waals surface area contributed by atoms with Crippen LogP contribution in [0.2, 0.25) is 0 Å². The largest absolute Gasteiger partial charge is 0.497 e. The first-order chi connectivity index (χ1) is 10.2. The molecule has 0 unspecified atom stereocenters. The number of methoxy groups -OCH3 is 1. The predicted octanol–water partition coefficient (Wildman–Crippen LogP) is 3.52. The van der Waals surface area contributed by atoms with Crippen LogP contribution in [0.3, 0.4) is 0 Å². The minimum absolute atomic E-state index is 0.255. The van der Waals surface area contributed by atoms with Crippen LogP contribution in [0.4, 0.5) is 4.39 Å². The third kappa shape index (κ3) is 4.46. The van der Waals surface area contributed by atoms with Crippen molar-refractivity contribution in [1.29, 1.82) is 0 Å². The molecule has 0 aliphatic rings. The van der Waals surface area contributed by atoms with Gasteiger partial charge in [0.2, 0.25) is 0 Å². The van der Waals surface area contributed by atoms with Crippen LogP contribution < -0.4 is 14.8 Å². The Morgan fingerprint density at radius 3 is 2.71 bits per heavy atom. The second-order valence-corrected chi connectivity index (χ2v) is 4.67. The average Bonchev–Trinajstić information content (AvgIpc) is 2.51. The van der Waals surface area contributed by atoms with Gasteiger partial charge >= 0.3 is 0 Å². The minimum atomic E-state index is -0.255. The summed E-state index contributed by atoms with van der Waals surface area (Å²) in [4.78, 5) is 0. The van der Waals surface area contributed by atoms with Crippen molar-refractivity contribution in [1.82, 2.24) is 5.32 Å². The number of rotatable bonds is 7. The maximum absolute atomic E-state index is 13.2. The van der Waals surface area contributed by atoms with Crippen LogP contribution in [0.25, 0.3) is 0 Å². The van der Waals surface area contributed by atoms with Crippen LogP contribution >= 0.6 is 0 Å². The molecule has 0 radical (unpaired) electrons. The van der Waals surface area contributed by atoms with Gasteiger partial charge < -0.3 is 14.8 Å². The molecule has 0 bridgehead atoms. The fourth-order valence-corrected chi connectivity index (χ4v) is 1.99. The summed E-state index contributed by atoms with van der Waals surface area (Å²) in [7, 11) is 1.62. The molecule has 4 heteroatoms. The zero-order valence-electron chi connectivity index (χ0n) is 12.4. The van der Waals surface area contributed by atoms with Crippen LogP contribution in [-0.2, 0) is 13.2 Å². The van der Waals surface area contributed by atoms with Gasteiger partial charge in [-0.15, -0.1) is 0 Å². The van der Waals surface area contributed by atoms with E-state index in [1.54, 1.807) is 13.2 Å². The van der Waals surface area contributed by atoms with Crippen molar-refractivity contribution in [3.05, 3.63) is 59.4 Å². The van der Waals surface area contributed by atoms with Gasteiger partial charge in [-0.3, -0.25) is 0 Å². The highest BCUT2D eigenvalue weighted by Crippen LogP contribution is 2.25. The Labute approximate surface area is 124 Å². The van der Waals surface area contributed by atoms with Crippen molar-refractivity contribution in [2.45, 2.75) is 20.1 Å². The summed E-state index contributed by atoms with van der Waals surface area (Å²) in [5.74, 6) is 1.23. The normalized spacial score (nSPS) is 10.4. The summed E-state index contributed by atoms with van der Waals surface area (Å²) >= 11 is 0. The van der Waals surface area contributed by atoms with Crippen LogP contribution in [0, 0.1) is 5.82 Å². The van der Waals surface area contributed by atoms with Crippen molar-refractivity contribution in [2.75, 3.05) is 13.7 Å². The molecule has 0 spiro atoms. The lowest BCUT2D eigenvalue weighted by molar-refractivity contribution is 0.299. The zero-order valence-corrected chi connectivity index (χ0v) is 12.4. The number of hydrogen-bond acceptors (Lipinski definition) is 3. The molecule has 0 aliphatic heterocycles. The molecular weight excluding hydrogens is 269 g/mol. The van der Waals surface area contributed by atoms with Gasteiger partial charge in [0.15, 0.2) is 0 Å². The van der Waals surface area contributed by atoms with E-state index < -0.39 is 0 Å². The topological polar surface area (TPSA) is 30.5 Å². The van der Waals surface area contributed by atoms with Gasteiger partial charge in [-0.2, -0.15) is 0 Å². The molecule has 0 fully saturated rings. The molecule has 0 saturated heterocycles. The van der Waals surface area contributed by atoms with Crippen LogP contribution in [0.5, 0.6) is 11.5 Å². The SMILES string of the molecule is CCNCc1ccc(OC)cc1OCc1cccc(F)c1. The summed E-state index contributed by atoms with van der Waals surface area (Å²) in [5, 5.41) is 3.27. The van der Waals surface area contributed by atoms with Crippen LogP contribution in [0.1, 0.15) is 18.1 Å². The van der Waals surface area contributed by atoms with Crippen LogP contribution in [0.15, 0.2) is 42.5 Å². The molecule has 0 atom stereocenters. The van der Waals surface area contributed by atoms with E-state index in [-0.39, 0.29) is 5.82 Å². The third-order valence-electron chi connectivity index (χ3n) is 3.12. The lowest BCUT2D eigenvalue weighted by Crippen LogP contribution is -2.13. The second kappa shape index (κ2) is 7.64. The standard InChI is InChI=1S/C17H20FNO2/c1-3-19-11-14-7-8-16(20-2)10-17(14)21-12-13-5-4-6-15(18)9-13/h4-10,19H,3,11-12H2,1-2H3. The Balaban J connectivity index is 2.12. The van der Waals surface area contributed by atoms with E-state index in [0.717, 1.165) is 35.7 Å². The van der Waals surface area contributed by atoms with Crippen molar-refractivity contribution in [2.24, 2.45) is 0 Å². The van der Waals surface area contributed by atoms with Gasteiger partial charge in [-0.05, 0) is 30.3 Å². The highest BCUT2D eigenvalue weighted by atomic mass is 19.1. The monoisotopic (exact) mass is 289 g/mol. The van der Waals surface area contributed by atoms with Crippen molar-refractivity contribution in [3.8, 4) is 11.5 Å². The Hall–Kier alpha value is -2.07. The third-order valence-corrected chi connectivity index (χ3v) is 3.12. The Morgan fingerprint density at radius 2 is 2.00 bits per heavy atom. The molecular formula is C17H20FNO2. The molecule has 0 aromatic heterocycles. The summed E-state index contributed by atoms with van der Waals surface area (Å²) in [5.41, 5.74) is 1.85. The summed E-state index contributed by atoms with van der Waals surface area (Å²) < 4.78 is 24.2. The zero-order chi connectivity index (χ0) is 15.1. The first kappa shape index (κ1) is 15.3. The molecule has 2 rings (SSSR count). The lowest BCUT2D eigenvalue weighted by atomic mass is 10.2. The smallest absolute Gasteiger partial charge is 0.127 e.